The second kappa shape index (κ2) is 5.39. The standard InChI is InChI=1S/C12H22BrNO2/c1-9-5-6-10(7-13)8-14(9)11(15)16-12(2,3)4/h9-10H,5-8H2,1-4H3. The lowest BCUT2D eigenvalue weighted by atomic mass is 9.95. The summed E-state index contributed by atoms with van der Waals surface area (Å²) >= 11 is 3.49. The van der Waals surface area contributed by atoms with E-state index in [1.807, 2.05) is 25.7 Å². The number of piperidine rings is 1. The number of rotatable bonds is 1. The second-order valence-corrected chi connectivity index (χ2v) is 6.23. The maximum absolute atomic E-state index is 12.0. The molecule has 0 bridgehead atoms. The fourth-order valence-corrected chi connectivity index (χ4v) is 2.41. The number of hydrogen-bond acceptors (Lipinski definition) is 2. The third-order valence-corrected chi connectivity index (χ3v) is 3.74. The highest BCUT2D eigenvalue weighted by Crippen LogP contribution is 2.24. The van der Waals surface area contributed by atoms with E-state index in [0.29, 0.717) is 12.0 Å². The molecule has 0 radical (unpaired) electrons. The van der Waals surface area contributed by atoms with E-state index in [4.69, 9.17) is 4.74 Å². The van der Waals surface area contributed by atoms with Gasteiger partial charge < -0.3 is 9.64 Å². The molecule has 2 atom stereocenters. The van der Waals surface area contributed by atoms with Gasteiger partial charge in [-0.05, 0) is 46.5 Å². The van der Waals surface area contributed by atoms with Gasteiger partial charge in [0.25, 0.3) is 0 Å². The lowest BCUT2D eigenvalue weighted by Gasteiger charge is -2.38. The number of ether oxygens (including phenoxy) is 1. The van der Waals surface area contributed by atoms with E-state index in [1.54, 1.807) is 0 Å². The molecule has 1 aliphatic heterocycles. The lowest BCUT2D eigenvalue weighted by molar-refractivity contribution is 0.00690. The molecule has 2 unspecified atom stereocenters. The number of nitrogens with zero attached hydrogens (tertiary/aromatic N) is 1. The van der Waals surface area contributed by atoms with Crippen LogP contribution in [0.2, 0.25) is 0 Å². The Labute approximate surface area is 107 Å². The summed E-state index contributed by atoms with van der Waals surface area (Å²) in [6, 6.07) is 0.296. The molecule has 1 heterocycles. The average molecular weight is 292 g/mol. The molecule has 0 aliphatic carbocycles. The van der Waals surface area contributed by atoms with E-state index in [2.05, 4.69) is 22.9 Å². The molecule has 1 rings (SSSR count). The third-order valence-electron chi connectivity index (χ3n) is 2.83. The van der Waals surface area contributed by atoms with Gasteiger partial charge in [0.15, 0.2) is 0 Å². The zero-order valence-electron chi connectivity index (χ0n) is 10.6. The molecule has 0 aromatic heterocycles. The Hall–Kier alpha value is -0.250. The molecule has 0 aromatic carbocycles. The summed E-state index contributed by atoms with van der Waals surface area (Å²) in [6.45, 7) is 8.61. The molecule has 0 saturated carbocycles. The highest BCUT2D eigenvalue weighted by molar-refractivity contribution is 9.09. The molecule has 94 valence electrons. The zero-order valence-corrected chi connectivity index (χ0v) is 12.2. The van der Waals surface area contributed by atoms with Crippen molar-refractivity contribution < 1.29 is 9.53 Å². The maximum Gasteiger partial charge on any atom is 0.410 e. The van der Waals surface area contributed by atoms with Gasteiger partial charge in [-0.2, -0.15) is 0 Å². The summed E-state index contributed by atoms with van der Waals surface area (Å²) in [6.07, 6.45) is 2.08. The number of likely N-dealkylation sites (tertiary alicyclic amines) is 1. The fraction of sp³-hybridized carbons (Fsp3) is 0.917. The van der Waals surface area contributed by atoms with E-state index in [1.165, 1.54) is 6.42 Å². The number of halogens is 1. The highest BCUT2D eigenvalue weighted by Gasteiger charge is 2.31. The van der Waals surface area contributed by atoms with Crippen molar-refractivity contribution in [2.45, 2.75) is 52.2 Å². The Morgan fingerprint density at radius 2 is 2.06 bits per heavy atom. The second-order valence-electron chi connectivity index (χ2n) is 5.58. The van der Waals surface area contributed by atoms with Crippen LogP contribution < -0.4 is 0 Å². The van der Waals surface area contributed by atoms with Crippen LogP contribution in [0.15, 0.2) is 0 Å². The van der Waals surface area contributed by atoms with Crippen LogP contribution in [-0.4, -0.2) is 34.5 Å². The van der Waals surface area contributed by atoms with Crippen LogP contribution in [-0.2, 0) is 4.74 Å². The quantitative estimate of drug-likeness (QED) is 0.693. The first-order valence-corrected chi connectivity index (χ1v) is 7.01. The third kappa shape index (κ3) is 3.96. The van der Waals surface area contributed by atoms with Crippen LogP contribution in [0, 0.1) is 5.92 Å². The van der Waals surface area contributed by atoms with Gasteiger partial charge in [0.2, 0.25) is 0 Å². The molecule has 0 aromatic rings. The number of hydrogen-bond donors (Lipinski definition) is 0. The molecule has 0 N–H and O–H groups in total. The van der Waals surface area contributed by atoms with Crippen molar-refractivity contribution >= 4 is 22.0 Å². The van der Waals surface area contributed by atoms with E-state index >= 15 is 0 Å². The van der Waals surface area contributed by atoms with Crippen LogP contribution in [0.1, 0.15) is 40.5 Å². The first kappa shape index (κ1) is 13.8. The van der Waals surface area contributed by atoms with Crippen molar-refractivity contribution in [2.24, 2.45) is 5.92 Å². The summed E-state index contributed by atoms with van der Waals surface area (Å²) in [5.74, 6) is 0.559. The van der Waals surface area contributed by atoms with Gasteiger partial charge in [0, 0.05) is 17.9 Å². The van der Waals surface area contributed by atoms with Crippen molar-refractivity contribution in [3.8, 4) is 0 Å². The van der Waals surface area contributed by atoms with Gasteiger partial charge in [-0.15, -0.1) is 0 Å². The predicted octanol–water partition coefficient (Wildman–Crippen LogP) is 3.42. The summed E-state index contributed by atoms with van der Waals surface area (Å²) in [5, 5.41) is 0.957. The SMILES string of the molecule is CC1CCC(CBr)CN1C(=O)OC(C)(C)C. The van der Waals surface area contributed by atoms with E-state index in [9.17, 15) is 4.79 Å². The van der Waals surface area contributed by atoms with Gasteiger partial charge in [-0.3, -0.25) is 0 Å². The van der Waals surface area contributed by atoms with Crippen molar-refractivity contribution in [1.82, 2.24) is 4.90 Å². The predicted molar refractivity (Wildman–Crippen MR) is 68.9 cm³/mol. The largest absolute Gasteiger partial charge is 0.444 e. The molecule has 0 spiro atoms. The van der Waals surface area contributed by atoms with Crippen molar-refractivity contribution in [2.75, 3.05) is 11.9 Å². The van der Waals surface area contributed by atoms with Crippen LogP contribution in [0.4, 0.5) is 4.79 Å². The van der Waals surface area contributed by atoms with Crippen LogP contribution >= 0.6 is 15.9 Å². The van der Waals surface area contributed by atoms with Gasteiger partial charge in [-0.25, -0.2) is 4.79 Å². The highest BCUT2D eigenvalue weighted by atomic mass is 79.9. The Bertz CT molecular complexity index is 250. The Morgan fingerprint density at radius 3 is 2.56 bits per heavy atom. The number of carbonyl (C=O) groups excluding carboxylic acids is 1. The normalized spacial score (nSPS) is 26.7. The van der Waals surface area contributed by atoms with Gasteiger partial charge in [0.05, 0.1) is 0 Å². The van der Waals surface area contributed by atoms with Crippen LogP contribution in [0.5, 0.6) is 0 Å². The Kier molecular flexibility index (Phi) is 4.65. The summed E-state index contributed by atoms with van der Waals surface area (Å²) in [7, 11) is 0. The maximum atomic E-state index is 12.0. The minimum absolute atomic E-state index is 0.175. The van der Waals surface area contributed by atoms with Crippen molar-refractivity contribution in [3.05, 3.63) is 0 Å². The van der Waals surface area contributed by atoms with Crippen molar-refractivity contribution in [1.29, 1.82) is 0 Å². The molecule has 3 nitrogen and oxygen atoms in total. The number of alkyl halides is 1. The van der Waals surface area contributed by atoms with E-state index in [-0.39, 0.29) is 6.09 Å². The molecule has 1 amide bonds. The van der Waals surface area contributed by atoms with Gasteiger partial charge in [0.1, 0.15) is 5.60 Å². The molecule has 4 heteroatoms. The Balaban J connectivity index is 2.59. The minimum atomic E-state index is -0.405. The summed E-state index contributed by atoms with van der Waals surface area (Å²) < 4.78 is 5.41. The van der Waals surface area contributed by atoms with Gasteiger partial charge in [-0.1, -0.05) is 15.9 Å². The topological polar surface area (TPSA) is 29.5 Å². The first-order valence-electron chi connectivity index (χ1n) is 5.89. The fourth-order valence-electron chi connectivity index (χ4n) is 1.88. The van der Waals surface area contributed by atoms with Crippen LogP contribution in [0.25, 0.3) is 0 Å². The Morgan fingerprint density at radius 1 is 1.44 bits per heavy atom. The number of amides is 1. The number of carbonyl (C=O) groups is 1. The molecule has 16 heavy (non-hydrogen) atoms. The monoisotopic (exact) mass is 291 g/mol. The van der Waals surface area contributed by atoms with Gasteiger partial charge >= 0.3 is 6.09 Å². The van der Waals surface area contributed by atoms with E-state index < -0.39 is 5.60 Å². The first-order chi connectivity index (χ1) is 7.33. The summed E-state index contributed by atoms with van der Waals surface area (Å²) in [4.78, 5) is 13.8. The lowest BCUT2D eigenvalue weighted by Crippen LogP contribution is -2.47. The molecular weight excluding hydrogens is 270 g/mol. The van der Waals surface area contributed by atoms with E-state index in [0.717, 1.165) is 18.3 Å². The zero-order chi connectivity index (χ0) is 12.3. The molecule has 1 saturated heterocycles. The van der Waals surface area contributed by atoms with Crippen LogP contribution in [0.3, 0.4) is 0 Å². The molecule has 1 fully saturated rings. The average Bonchev–Trinajstić information content (AvgIpc) is 2.15. The smallest absolute Gasteiger partial charge is 0.410 e. The molecular formula is C12H22BrNO2. The summed E-state index contributed by atoms with van der Waals surface area (Å²) in [5.41, 5.74) is -0.405. The minimum Gasteiger partial charge on any atom is -0.444 e. The molecule has 1 aliphatic rings. The van der Waals surface area contributed by atoms with Crippen molar-refractivity contribution in [3.63, 3.8) is 0 Å².